The quantitative estimate of drug-likeness (QED) is 0.448. The van der Waals surface area contributed by atoms with Crippen LogP contribution in [-0.4, -0.2) is 27.9 Å². The summed E-state index contributed by atoms with van der Waals surface area (Å²) in [5.41, 5.74) is 11.6. The number of phenolic OH excluding ortho intramolecular Hbond substituents is 1. The van der Waals surface area contributed by atoms with E-state index in [0.29, 0.717) is 42.2 Å². The van der Waals surface area contributed by atoms with Crippen LogP contribution in [0.2, 0.25) is 0 Å². The Hall–Kier alpha value is -2.73. The number of phenols is 1. The Labute approximate surface area is 196 Å². The molecule has 6 nitrogen and oxygen atoms in total. The minimum atomic E-state index is -0.593. The minimum absolute atomic E-state index is 0. The van der Waals surface area contributed by atoms with Crippen LogP contribution in [0.5, 0.6) is 5.75 Å². The number of anilines is 2. The molecule has 32 heavy (non-hydrogen) atoms. The number of aryl methyl sites for hydroxylation is 1. The number of aromatic hydroxyl groups is 1. The van der Waals surface area contributed by atoms with E-state index in [-0.39, 0.29) is 30.0 Å². The molecule has 174 valence electrons. The molecule has 1 atom stereocenters. The van der Waals surface area contributed by atoms with E-state index in [4.69, 9.17) is 5.73 Å². The summed E-state index contributed by atoms with van der Waals surface area (Å²) in [4.78, 5) is 28.1. The van der Waals surface area contributed by atoms with Crippen molar-refractivity contribution in [3.8, 4) is 5.75 Å². The molecule has 2 aromatic rings. The van der Waals surface area contributed by atoms with Gasteiger partial charge in [0.05, 0.1) is 0 Å². The normalized spacial score (nSPS) is 15.2. The number of carbonyl (C=O) groups excluding carboxylic acids is 2. The van der Waals surface area contributed by atoms with Gasteiger partial charge in [-0.3, -0.25) is 9.59 Å². The van der Waals surface area contributed by atoms with Gasteiger partial charge < -0.3 is 21.1 Å². The first-order valence-electron chi connectivity index (χ1n) is 10.9. The third kappa shape index (κ3) is 5.36. The molecular formula is C25H34ClN3O3. The van der Waals surface area contributed by atoms with Gasteiger partial charge in [0, 0.05) is 30.8 Å². The maximum atomic E-state index is 13.4. The minimum Gasteiger partial charge on any atom is -0.507 e. The zero-order valence-corrected chi connectivity index (χ0v) is 20.3. The molecule has 0 aromatic heterocycles. The lowest BCUT2D eigenvalue weighted by atomic mass is 9.92. The van der Waals surface area contributed by atoms with Gasteiger partial charge in [-0.25, -0.2) is 0 Å². The number of hydrogen-bond acceptors (Lipinski definition) is 4. The number of rotatable bonds is 5. The fraction of sp³-hybridized carbons (Fsp3) is 0.440. The van der Waals surface area contributed by atoms with E-state index in [1.807, 2.05) is 32.0 Å². The predicted octanol–water partition coefficient (Wildman–Crippen LogP) is 4.65. The number of nitrogens with zero attached hydrogens (tertiary/aromatic N) is 1. The lowest BCUT2D eigenvalue weighted by Crippen LogP contribution is -2.50. The lowest BCUT2D eigenvalue weighted by Gasteiger charge is -2.36. The van der Waals surface area contributed by atoms with Crippen LogP contribution in [-0.2, 0) is 22.6 Å². The molecule has 0 aliphatic carbocycles. The molecule has 1 aliphatic rings. The van der Waals surface area contributed by atoms with Crippen LogP contribution < -0.4 is 11.1 Å². The number of amides is 2. The van der Waals surface area contributed by atoms with Crippen molar-refractivity contribution >= 4 is 35.6 Å². The van der Waals surface area contributed by atoms with Crippen molar-refractivity contribution in [1.82, 2.24) is 4.90 Å². The summed E-state index contributed by atoms with van der Waals surface area (Å²) >= 11 is 0. The average molecular weight is 460 g/mol. The third-order valence-corrected chi connectivity index (χ3v) is 6.23. The van der Waals surface area contributed by atoms with Crippen LogP contribution in [0.1, 0.15) is 54.5 Å². The number of hydrogen-bond donors (Lipinski definition) is 3. The molecule has 0 spiro atoms. The number of benzene rings is 2. The average Bonchev–Trinajstić information content (AvgIpc) is 2.73. The zero-order valence-electron chi connectivity index (χ0n) is 19.5. The first-order valence-corrected chi connectivity index (χ1v) is 10.9. The Balaban J connectivity index is 0.00000363. The highest BCUT2D eigenvalue weighted by Crippen LogP contribution is 2.32. The number of nitrogen functional groups attached to an aromatic ring is 1. The van der Waals surface area contributed by atoms with Crippen LogP contribution in [0.4, 0.5) is 11.4 Å². The Morgan fingerprint density at radius 3 is 2.50 bits per heavy atom. The van der Waals surface area contributed by atoms with Crippen LogP contribution in [0.3, 0.4) is 0 Å². The topological polar surface area (TPSA) is 95.7 Å². The van der Waals surface area contributed by atoms with E-state index in [1.165, 1.54) is 0 Å². The Kier molecular flexibility index (Phi) is 8.18. The van der Waals surface area contributed by atoms with Crippen LogP contribution in [0, 0.1) is 26.7 Å². The lowest BCUT2D eigenvalue weighted by molar-refractivity contribution is -0.140. The second-order valence-corrected chi connectivity index (χ2v) is 9.03. The van der Waals surface area contributed by atoms with Crippen molar-refractivity contribution in [1.29, 1.82) is 0 Å². The number of nitrogens with one attached hydrogen (secondary N) is 1. The van der Waals surface area contributed by atoms with E-state index < -0.39 is 6.04 Å². The van der Waals surface area contributed by atoms with Gasteiger partial charge in [-0.1, -0.05) is 19.9 Å². The molecule has 0 fully saturated rings. The number of carbonyl (C=O) groups is 2. The molecule has 1 aliphatic heterocycles. The molecule has 2 aromatic carbocycles. The summed E-state index contributed by atoms with van der Waals surface area (Å²) in [6, 6.07) is 6.85. The van der Waals surface area contributed by atoms with Gasteiger partial charge in [0.1, 0.15) is 11.8 Å². The molecule has 7 heteroatoms. The molecule has 0 bridgehead atoms. The summed E-state index contributed by atoms with van der Waals surface area (Å²) in [5, 5.41) is 13.2. The van der Waals surface area contributed by atoms with E-state index in [1.54, 1.807) is 17.9 Å². The van der Waals surface area contributed by atoms with Gasteiger partial charge in [0.2, 0.25) is 11.8 Å². The zero-order chi connectivity index (χ0) is 22.9. The maximum Gasteiger partial charge on any atom is 0.247 e. The summed E-state index contributed by atoms with van der Waals surface area (Å²) < 4.78 is 0. The van der Waals surface area contributed by atoms with Crippen molar-refractivity contribution in [3.05, 3.63) is 52.1 Å². The van der Waals surface area contributed by atoms with Gasteiger partial charge in [0.15, 0.2) is 0 Å². The maximum absolute atomic E-state index is 13.4. The predicted molar refractivity (Wildman–Crippen MR) is 131 cm³/mol. The van der Waals surface area contributed by atoms with E-state index in [2.05, 4.69) is 19.2 Å². The first-order chi connectivity index (χ1) is 14.6. The Morgan fingerprint density at radius 1 is 1.16 bits per heavy atom. The van der Waals surface area contributed by atoms with E-state index >= 15 is 0 Å². The van der Waals surface area contributed by atoms with Gasteiger partial charge in [0.25, 0.3) is 0 Å². The molecule has 3 rings (SSSR count). The highest BCUT2D eigenvalue weighted by Gasteiger charge is 2.34. The number of halogens is 1. The van der Waals surface area contributed by atoms with Gasteiger partial charge >= 0.3 is 0 Å². The summed E-state index contributed by atoms with van der Waals surface area (Å²) in [7, 11) is 0. The molecule has 0 radical (unpaired) electrons. The number of fused-ring (bicyclic) bond motifs is 1. The van der Waals surface area contributed by atoms with Gasteiger partial charge in [-0.05, 0) is 79.1 Å². The molecule has 4 N–H and O–H groups in total. The molecular weight excluding hydrogens is 426 g/mol. The fourth-order valence-electron chi connectivity index (χ4n) is 4.07. The Morgan fingerprint density at radius 2 is 1.84 bits per heavy atom. The van der Waals surface area contributed by atoms with Crippen molar-refractivity contribution in [2.75, 3.05) is 11.1 Å². The highest BCUT2D eigenvalue weighted by atomic mass is 35.5. The monoisotopic (exact) mass is 459 g/mol. The molecule has 0 saturated carbocycles. The Bertz CT molecular complexity index is 1020. The smallest absolute Gasteiger partial charge is 0.247 e. The van der Waals surface area contributed by atoms with Gasteiger partial charge in [-0.15, -0.1) is 12.4 Å². The number of nitrogens with two attached hydrogens (primary N) is 1. The third-order valence-electron chi connectivity index (χ3n) is 6.23. The van der Waals surface area contributed by atoms with Crippen molar-refractivity contribution in [2.45, 2.75) is 66.5 Å². The van der Waals surface area contributed by atoms with E-state index in [9.17, 15) is 14.7 Å². The summed E-state index contributed by atoms with van der Waals surface area (Å²) in [6.07, 6.45) is 1.64. The summed E-state index contributed by atoms with van der Waals surface area (Å²) in [6.45, 7) is 10.1. The van der Waals surface area contributed by atoms with E-state index in [0.717, 1.165) is 28.7 Å². The second kappa shape index (κ2) is 10.3. The molecule has 0 unspecified atom stereocenters. The second-order valence-electron chi connectivity index (χ2n) is 9.03. The standard InChI is InChI=1S/C25H33N3O3.ClH/c1-14(2)6-9-23(29)28-13-19-11-20(26)8-7-18(19)12-22(28)25(31)27-21-10-15(3)24(30)17(5)16(21)4;/h7-8,10-11,14,22,30H,6,9,12-13,26H2,1-5H3,(H,27,31);1H/t22-;/m0./s1. The largest absolute Gasteiger partial charge is 0.507 e. The first kappa shape index (κ1) is 25.5. The van der Waals surface area contributed by atoms with Gasteiger partial charge in [-0.2, -0.15) is 0 Å². The van der Waals surface area contributed by atoms with Crippen LogP contribution >= 0.6 is 12.4 Å². The molecule has 2 amide bonds. The van der Waals surface area contributed by atoms with Crippen LogP contribution in [0.25, 0.3) is 0 Å². The highest BCUT2D eigenvalue weighted by molar-refractivity contribution is 5.98. The SMILES string of the molecule is Cc1cc(NC(=O)[C@@H]2Cc3ccc(N)cc3CN2C(=O)CCC(C)C)c(C)c(C)c1O.Cl. The fourth-order valence-corrected chi connectivity index (χ4v) is 4.07. The van der Waals surface area contributed by atoms with Crippen LogP contribution in [0.15, 0.2) is 24.3 Å². The van der Waals surface area contributed by atoms with Crippen molar-refractivity contribution in [3.63, 3.8) is 0 Å². The molecule has 1 heterocycles. The van der Waals surface area contributed by atoms with Crippen molar-refractivity contribution < 1.29 is 14.7 Å². The summed E-state index contributed by atoms with van der Waals surface area (Å²) in [5.74, 6) is 0.421. The molecule has 0 saturated heterocycles. The van der Waals surface area contributed by atoms with Crippen molar-refractivity contribution in [2.24, 2.45) is 5.92 Å².